The van der Waals surface area contributed by atoms with Gasteiger partial charge >= 0.3 is 6.09 Å². The average molecular weight is 577 g/mol. The van der Waals surface area contributed by atoms with Gasteiger partial charge < -0.3 is 30.0 Å². The molecule has 3 aromatic rings. The SMILES string of the molecule is COCCCn1c(CC2CCCN(C(=O)C[C@@H](Cc3ccc(N)cc3)NC(=O)OC(C)(C)C)C2)c(C)c2ccccc21. The first-order valence-corrected chi connectivity index (χ1v) is 15.2. The average Bonchev–Trinajstić information content (AvgIpc) is 3.19. The maximum atomic E-state index is 13.7. The van der Waals surface area contributed by atoms with Crippen LogP contribution in [0.25, 0.3) is 10.9 Å². The minimum absolute atomic E-state index is 0.0635. The molecule has 228 valence electrons. The van der Waals surface area contributed by atoms with Gasteiger partial charge in [0.25, 0.3) is 0 Å². The zero-order valence-corrected chi connectivity index (χ0v) is 25.9. The van der Waals surface area contributed by atoms with Crippen molar-refractivity contribution < 1.29 is 19.1 Å². The zero-order chi connectivity index (χ0) is 30.3. The molecule has 2 heterocycles. The molecule has 2 aromatic carbocycles. The van der Waals surface area contributed by atoms with Crippen molar-refractivity contribution in [2.24, 2.45) is 5.92 Å². The topological polar surface area (TPSA) is 98.8 Å². The number of nitrogens with zero attached hydrogens (tertiary/aromatic N) is 2. The van der Waals surface area contributed by atoms with Gasteiger partial charge in [0, 0.05) is 68.1 Å². The first kappa shape index (κ1) is 31.4. The number of hydrogen-bond acceptors (Lipinski definition) is 5. The number of nitrogen functional groups attached to an aromatic ring is 1. The third-order valence-electron chi connectivity index (χ3n) is 8.05. The number of carbonyl (C=O) groups is 2. The molecule has 8 heteroatoms. The normalized spacial score (nSPS) is 16.4. The first-order chi connectivity index (χ1) is 20.0. The minimum atomic E-state index is -0.621. The van der Waals surface area contributed by atoms with E-state index in [0.717, 1.165) is 57.5 Å². The summed E-state index contributed by atoms with van der Waals surface area (Å²) in [5, 5.41) is 4.26. The number of alkyl carbamates (subject to hydrolysis) is 1. The molecule has 1 aromatic heterocycles. The molecule has 1 fully saturated rings. The molecule has 0 saturated carbocycles. The lowest BCUT2D eigenvalue weighted by Crippen LogP contribution is -2.46. The van der Waals surface area contributed by atoms with Crippen LogP contribution in [0, 0.1) is 12.8 Å². The Morgan fingerprint density at radius 2 is 1.86 bits per heavy atom. The van der Waals surface area contributed by atoms with Gasteiger partial charge in [-0.25, -0.2) is 4.79 Å². The number of ether oxygens (including phenoxy) is 2. The molecule has 0 radical (unpaired) electrons. The molecule has 8 nitrogen and oxygen atoms in total. The fourth-order valence-corrected chi connectivity index (χ4v) is 6.07. The molecule has 0 aliphatic carbocycles. The fraction of sp³-hybridized carbons (Fsp3) is 0.529. The van der Waals surface area contributed by atoms with Crippen LogP contribution in [0.4, 0.5) is 10.5 Å². The van der Waals surface area contributed by atoms with Crippen molar-refractivity contribution >= 4 is 28.6 Å². The van der Waals surface area contributed by atoms with Crippen molar-refractivity contribution in [1.29, 1.82) is 0 Å². The number of benzene rings is 2. The third kappa shape index (κ3) is 8.51. The van der Waals surface area contributed by atoms with E-state index in [1.165, 1.54) is 22.2 Å². The van der Waals surface area contributed by atoms with Crippen molar-refractivity contribution in [3.63, 3.8) is 0 Å². The van der Waals surface area contributed by atoms with Crippen molar-refractivity contribution in [1.82, 2.24) is 14.8 Å². The first-order valence-electron chi connectivity index (χ1n) is 15.2. The quantitative estimate of drug-likeness (QED) is 0.220. The van der Waals surface area contributed by atoms with Crippen LogP contribution < -0.4 is 11.1 Å². The second-order valence-corrected chi connectivity index (χ2v) is 12.6. The number of carbonyl (C=O) groups excluding carboxylic acids is 2. The third-order valence-corrected chi connectivity index (χ3v) is 8.05. The predicted molar refractivity (Wildman–Crippen MR) is 169 cm³/mol. The lowest BCUT2D eigenvalue weighted by Gasteiger charge is -2.34. The van der Waals surface area contributed by atoms with Gasteiger partial charge in [-0.3, -0.25) is 4.79 Å². The number of anilines is 1. The fourth-order valence-electron chi connectivity index (χ4n) is 6.07. The second-order valence-electron chi connectivity index (χ2n) is 12.6. The Kier molecular flexibility index (Phi) is 10.5. The summed E-state index contributed by atoms with van der Waals surface area (Å²) in [6.45, 7) is 10.8. The largest absolute Gasteiger partial charge is 0.444 e. The van der Waals surface area contributed by atoms with Gasteiger partial charge in [-0.1, -0.05) is 30.3 Å². The number of aromatic nitrogens is 1. The smallest absolute Gasteiger partial charge is 0.407 e. The lowest BCUT2D eigenvalue weighted by molar-refractivity contribution is -0.133. The highest BCUT2D eigenvalue weighted by atomic mass is 16.6. The van der Waals surface area contributed by atoms with Crippen LogP contribution in [0.15, 0.2) is 48.5 Å². The maximum absolute atomic E-state index is 13.7. The van der Waals surface area contributed by atoms with Gasteiger partial charge in [0.1, 0.15) is 5.60 Å². The Labute approximate surface area is 250 Å². The highest BCUT2D eigenvalue weighted by Crippen LogP contribution is 2.30. The number of nitrogens with one attached hydrogen (secondary N) is 1. The highest BCUT2D eigenvalue weighted by molar-refractivity contribution is 5.85. The van der Waals surface area contributed by atoms with Gasteiger partial charge in [0.05, 0.1) is 0 Å². The van der Waals surface area contributed by atoms with E-state index < -0.39 is 11.7 Å². The van der Waals surface area contributed by atoms with Gasteiger partial charge in [-0.2, -0.15) is 0 Å². The predicted octanol–water partition coefficient (Wildman–Crippen LogP) is 5.88. The summed E-state index contributed by atoms with van der Waals surface area (Å²) in [5.41, 5.74) is 10.9. The lowest BCUT2D eigenvalue weighted by atomic mass is 9.91. The summed E-state index contributed by atoms with van der Waals surface area (Å²) in [6, 6.07) is 15.8. The highest BCUT2D eigenvalue weighted by Gasteiger charge is 2.29. The number of likely N-dealkylation sites (tertiary alicyclic amines) is 1. The Hall–Kier alpha value is -3.52. The second kappa shape index (κ2) is 14.1. The number of rotatable bonds is 11. The van der Waals surface area contributed by atoms with Crippen LogP contribution in [0.2, 0.25) is 0 Å². The van der Waals surface area contributed by atoms with E-state index in [1.807, 2.05) is 49.9 Å². The molecular weight excluding hydrogens is 528 g/mol. The molecule has 4 rings (SSSR count). The summed E-state index contributed by atoms with van der Waals surface area (Å²) >= 11 is 0. The summed E-state index contributed by atoms with van der Waals surface area (Å²) in [5.74, 6) is 0.440. The molecule has 2 amide bonds. The molecule has 1 aliphatic rings. The van der Waals surface area contributed by atoms with Crippen LogP contribution in [0.1, 0.15) is 63.3 Å². The molecule has 3 N–H and O–H groups in total. The molecule has 1 aliphatic heterocycles. The number of piperidine rings is 1. The van der Waals surface area contributed by atoms with Gasteiger partial charge in [0.2, 0.25) is 5.91 Å². The number of fused-ring (bicyclic) bond motifs is 1. The van der Waals surface area contributed by atoms with Crippen LogP contribution in [0.3, 0.4) is 0 Å². The zero-order valence-electron chi connectivity index (χ0n) is 25.9. The number of aryl methyl sites for hydroxylation is 2. The summed E-state index contributed by atoms with van der Waals surface area (Å²) < 4.78 is 13.3. The van der Waals surface area contributed by atoms with Gasteiger partial charge in [-0.15, -0.1) is 0 Å². The van der Waals surface area contributed by atoms with E-state index in [9.17, 15) is 9.59 Å². The monoisotopic (exact) mass is 576 g/mol. The van der Waals surface area contributed by atoms with Crippen molar-refractivity contribution in [3.8, 4) is 0 Å². The van der Waals surface area contributed by atoms with E-state index >= 15 is 0 Å². The van der Waals surface area contributed by atoms with Crippen molar-refractivity contribution in [2.45, 2.75) is 84.4 Å². The molecule has 0 bridgehead atoms. The molecule has 1 saturated heterocycles. The number of para-hydroxylation sites is 1. The molecule has 1 unspecified atom stereocenters. The van der Waals surface area contributed by atoms with E-state index in [2.05, 4.69) is 41.1 Å². The Bertz CT molecular complexity index is 1340. The van der Waals surface area contributed by atoms with Crippen LogP contribution >= 0.6 is 0 Å². The Balaban J connectivity index is 1.46. The van der Waals surface area contributed by atoms with Crippen molar-refractivity contribution in [3.05, 3.63) is 65.4 Å². The summed E-state index contributed by atoms with van der Waals surface area (Å²) in [6.07, 6.45) is 4.17. The number of nitrogens with two attached hydrogens (primary N) is 1. The molecule has 42 heavy (non-hydrogen) atoms. The number of hydrogen-bond donors (Lipinski definition) is 2. The van der Waals surface area contributed by atoms with E-state index in [-0.39, 0.29) is 18.4 Å². The van der Waals surface area contributed by atoms with E-state index in [1.54, 1.807) is 7.11 Å². The van der Waals surface area contributed by atoms with Crippen LogP contribution in [-0.2, 0) is 33.7 Å². The standard InChI is InChI=1S/C34H48N4O4/c1-24-29-11-6-7-12-30(29)38(18-9-19-41-5)31(24)21-26-10-8-17-37(23-26)32(39)22-28(36-33(40)42-34(2,3)4)20-25-13-15-27(35)16-14-25/h6-7,11-16,26,28H,8-10,17-23,35H2,1-5H3,(H,36,40)/t26?,28-/m1/s1. The van der Waals surface area contributed by atoms with Crippen LogP contribution in [-0.4, -0.2) is 59.9 Å². The van der Waals surface area contributed by atoms with E-state index in [4.69, 9.17) is 15.2 Å². The number of methoxy groups -OCH3 is 1. The molecular formula is C34H48N4O4. The van der Waals surface area contributed by atoms with Crippen molar-refractivity contribution in [2.75, 3.05) is 32.5 Å². The molecule has 0 spiro atoms. The van der Waals surface area contributed by atoms with Gasteiger partial charge in [0.15, 0.2) is 0 Å². The summed E-state index contributed by atoms with van der Waals surface area (Å²) in [7, 11) is 1.75. The van der Waals surface area contributed by atoms with E-state index in [0.29, 0.717) is 18.0 Å². The van der Waals surface area contributed by atoms with Crippen LogP contribution in [0.5, 0.6) is 0 Å². The minimum Gasteiger partial charge on any atom is -0.444 e. The van der Waals surface area contributed by atoms with Gasteiger partial charge in [-0.05, 0) is 95.0 Å². The molecule has 2 atom stereocenters. The number of amides is 2. The summed E-state index contributed by atoms with van der Waals surface area (Å²) in [4.78, 5) is 28.3. The maximum Gasteiger partial charge on any atom is 0.407 e. The Morgan fingerprint density at radius 3 is 2.57 bits per heavy atom. The Morgan fingerprint density at radius 1 is 1.12 bits per heavy atom.